The van der Waals surface area contributed by atoms with Gasteiger partial charge in [0, 0.05) is 25.2 Å². The highest BCUT2D eigenvalue weighted by Crippen LogP contribution is 2.41. The van der Waals surface area contributed by atoms with Gasteiger partial charge in [0.2, 0.25) is 12.0 Å². The second kappa shape index (κ2) is 10.9. The monoisotopic (exact) mass is 510 g/mol. The third-order valence-corrected chi connectivity index (χ3v) is 6.01. The van der Waals surface area contributed by atoms with Crippen molar-refractivity contribution in [2.24, 2.45) is 10.9 Å². The van der Waals surface area contributed by atoms with E-state index in [-0.39, 0.29) is 35.1 Å². The molecule has 1 aromatic heterocycles. The van der Waals surface area contributed by atoms with E-state index in [0.29, 0.717) is 0 Å². The minimum atomic E-state index is -1.24. The Morgan fingerprint density at radius 2 is 2.09 bits per heavy atom. The molecule has 3 N–H and O–H groups in total. The number of rotatable bonds is 9. The summed E-state index contributed by atoms with van der Waals surface area (Å²) >= 11 is 1.21. The smallest absolute Gasteiger partial charge is 0.404 e. The van der Waals surface area contributed by atoms with Crippen molar-refractivity contribution >= 4 is 47.3 Å². The second-order valence-electron chi connectivity index (χ2n) is 7.10. The molecule has 0 aliphatic carbocycles. The van der Waals surface area contributed by atoms with Gasteiger partial charge in [-0.25, -0.2) is 9.59 Å². The van der Waals surface area contributed by atoms with Gasteiger partial charge in [0.05, 0.1) is 6.26 Å². The summed E-state index contributed by atoms with van der Waals surface area (Å²) in [5, 5.41) is 5.53. The highest BCUT2D eigenvalue weighted by atomic mass is 32.2. The number of carbonyl (C=O) groups excluding carboxylic acids is 5. The maximum atomic E-state index is 13.0. The molecule has 1 aromatic rings. The molecule has 0 aromatic carbocycles. The summed E-state index contributed by atoms with van der Waals surface area (Å²) in [6.45, 7) is 2.09. The molecule has 2 unspecified atom stereocenters. The molecule has 15 heteroatoms. The number of esters is 2. The van der Waals surface area contributed by atoms with E-state index in [2.05, 4.69) is 10.5 Å². The third kappa shape index (κ3) is 5.74. The fourth-order valence-corrected chi connectivity index (χ4v) is 4.65. The van der Waals surface area contributed by atoms with Crippen LogP contribution in [0.5, 0.6) is 0 Å². The Morgan fingerprint density at radius 1 is 1.34 bits per heavy atom. The molecule has 3 rings (SSSR count). The number of carbonyl (C=O) groups is 5. The van der Waals surface area contributed by atoms with E-state index in [4.69, 9.17) is 29.2 Å². The van der Waals surface area contributed by atoms with Crippen LogP contribution in [-0.2, 0) is 38.2 Å². The van der Waals surface area contributed by atoms with Crippen molar-refractivity contribution in [2.75, 3.05) is 19.5 Å². The number of β-lactam (4-membered cyclic amide) rings is 1. The molecule has 2 aliphatic heterocycles. The lowest BCUT2D eigenvalue weighted by Gasteiger charge is -2.49. The van der Waals surface area contributed by atoms with E-state index in [1.165, 1.54) is 38.1 Å². The largest absolute Gasteiger partial charge is 0.462 e. The predicted octanol–water partition coefficient (Wildman–Crippen LogP) is -0.168. The molecule has 14 nitrogen and oxygen atoms in total. The number of nitrogens with two attached hydrogens (primary N) is 1. The Kier molecular flexibility index (Phi) is 8.01. The van der Waals surface area contributed by atoms with Crippen molar-refractivity contribution in [3.63, 3.8) is 0 Å². The van der Waals surface area contributed by atoms with Crippen LogP contribution < -0.4 is 11.1 Å². The third-order valence-electron chi connectivity index (χ3n) is 4.67. The van der Waals surface area contributed by atoms with Gasteiger partial charge in [-0.3, -0.25) is 19.3 Å². The standard InChI is InChI=1S/C20H22N4O10S/c1-9(25)33-10(2)34-19(28)15-11(7-32-20(21)29)8-35-18-14(17(27)24(15)18)22-16(26)13(23-30-3)12-5-4-6-31-12/h4-6,10,14,18H,7-8H2,1-3H3,(H2,21,29)(H,22,26)/b23-13-/t10?,14?,18-/m0/s1. The van der Waals surface area contributed by atoms with Gasteiger partial charge in [0.15, 0.2) is 5.76 Å². The average molecular weight is 510 g/mol. The summed E-state index contributed by atoms with van der Waals surface area (Å²) < 4.78 is 19.9. The highest BCUT2D eigenvalue weighted by Gasteiger charge is 2.55. The zero-order valence-electron chi connectivity index (χ0n) is 18.8. The summed E-state index contributed by atoms with van der Waals surface area (Å²) in [5.41, 5.74) is 4.89. The maximum absolute atomic E-state index is 13.0. The zero-order valence-corrected chi connectivity index (χ0v) is 19.7. The summed E-state index contributed by atoms with van der Waals surface area (Å²) in [6, 6.07) is 2.03. The number of fused-ring (bicyclic) bond motifs is 1. The quantitative estimate of drug-likeness (QED) is 0.147. The van der Waals surface area contributed by atoms with E-state index in [1.54, 1.807) is 6.07 Å². The molecule has 0 saturated carbocycles. The van der Waals surface area contributed by atoms with Crippen LogP contribution in [0.3, 0.4) is 0 Å². The van der Waals surface area contributed by atoms with Crippen LogP contribution >= 0.6 is 11.8 Å². The minimum Gasteiger partial charge on any atom is -0.462 e. The average Bonchev–Trinajstić information content (AvgIpc) is 3.32. The Hall–Kier alpha value is -4.01. The van der Waals surface area contributed by atoms with Gasteiger partial charge in [-0.05, 0) is 12.1 Å². The van der Waals surface area contributed by atoms with Crippen LogP contribution in [0.1, 0.15) is 19.6 Å². The predicted molar refractivity (Wildman–Crippen MR) is 117 cm³/mol. The van der Waals surface area contributed by atoms with Crippen LogP contribution in [0.25, 0.3) is 0 Å². The van der Waals surface area contributed by atoms with E-state index in [0.717, 1.165) is 11.8 Å². The summed E-state index contributed by atoms with van der Waals surface area (Å²) in [5.74, 6) is -2.75. The molecule has 35 heavy (non-hydrogen) atoms. The number of amides is 3. The Bertz CT molecular complexity index is 1080. The number of nitrogens with one attached hydrogen (secondary N) is 1. The molecule has 1 fully saturated rings. The number of hydrogen-bond acceptors (Lipinski definition) is 12. The zero-order chi connectivity index (χ0) is 25.7. The number of oxime groups is 1. The van der Waals surface area contributed by atoms with E-state index < -0.39 is 47.6 Å². The van der Waals surface area contributed by atoms with Crippen molar-refractivity contribution in [3.05, 3.63) is 35.4 Å². The van der Waals surface area contributed by atoms with Gasteiger partial charge in [-0.1, -0.05) is 5.16 Å². The van der Waals surface area contributed by atoms with Crippen LogP contribution in [0.15, 0.2) is 39.2 Å². The van der Waals surface area contributed by atoms with Crippen LogP contribution in [0.4, 0.5) is 4.79 Å². The normalized spacial score (nSPS) is 20.3. The highest BCUT2D eigenvalue weighted by molar-refractivity contribution is 8.00. The maximum Gasteiger partial charge on any atom is 0.404 e. The molecular formula is C20H22N4O10S. The van der Waals surface area contributed by atoms with Crippen LogP contribution in [-0.4, -0.2) is 77.6 Å². The number of primary amides is 1. The van der Waals surface area contributed by atoms with Crippen molar-refractivity contribution in [2.45, 2.75) is 31.6 Å². The first-order valence-corrected chi connectivity index (χ1v) is 11.1. The van der Waals surface area contributed by atoms with Crippen LogP contribution in [0.2, 0.25) is 0 Å². The van der Waals surface area contributed by atoms with Gasteiger partial charge in [-0.15, -0.1) is 11.8 Å². The minimum absolute atomic E-state index is 0.124. The van der Waals surface area contributed by atoms with Crippen LogP contribution in [0, 0.1) is 0 Å². The topological polar surface area (TPSA) is 189 Å². The van der Waals surface area contributed by atoms with Crippen molar-refractivity contribution in [3.8, 4) is 0 Å². The molecule has 3 atom stereocenters. The van der Waals surface area contributed by atoms with Gasteiger partial charge in [0.25, 0.3) is 11.8 Å². The van der Waals surface area contributed by atoms with Gasteiger partial charge >= 0.3 is 18.0 Å². The first-order chi connectivity index (χ1) is 16.6. The fraction of sp³-hybridized carbons (Fsp3) is 0.400. The van der Waals surface area contributed by atoms with Crippen molar-refractivity contribution < 1.29 is 47.4 Å². The first-order valence-electron chi connectivity index (χ1n) is 10.1. The molecule has 0 radical (unpaired) electrons. The number of furan rings is 1. The fourth-order valence-electron chi connectivity index (χ4n) is 3.32. The first kappa shape index (κ1) is 25.6. The van der Waals surface area contributed by atoms with Gasteiger partial charge in [-0.2, -0.15) is 0 Å². The number of hydrogen-bond donors (Lipinski definition) is 2. The lowest BCUT2D eigenvalue weighted by atomic mass is 10.0. The summed E-state index contributed by atoms with van der Waals surface area (Å²) in [6.07, 6.45) is -0.976. The van der Waals surface area contributed by atoms with E-state index in [9.17, 15) is 24.0 Å². The molecule has 3 amide bonds. The van der Waals surface area contributed by atoms with E-state index >= 15 is 0 Å². The van der Waals surface area contributed by atoms with Gasteiger partial charge in [0.1, 0.15) is 30.8 Å². The lowest BCUT2D eigenvalue weighted by molar-refractivity contribution is -0.182. The number of nitrogens with zero attached hydrogens (tertiary/aromatic N) is 2. The van der Waals surface area contributed by atoms with Gasteiger partial charge < -0.3 is 34.5 Å². The summed E-state index contributed by atoms with van der Waals surface area (Å²) in [4.78, 5) is 66.7. The molecule has 188 valence electrons. The molecule has 0 spiro atoms. The molecule has 0 bridgehead atoms. The molecule has 3 heterocycles. The summed E-state index contributed by atoms with van der Waals surface area (Å²) in [7, 11) is 1.25. The van der Waals surface area contributed by atoms with Crippen molar-refractivity contribution in [1.29, 1.82) is 0 Å². The number of ether oxygens (including phenoxy) is 3. The molecule has 1 saturated heterocycles. The van der Waals surface area contributed by atoms with E-state index in [1.807, 2.05) is 0 Å². The van der Waals surface area contributed by atoms with Crippen molar-refractivity contribution in [1.82, 2.24) is 10.2 Å². The SMILES string of the molecule is CO/N=C(\C(=O)NC1C(=O)N2C(C(=O)OC(C)OC(C)=O)=C(COC(N)=O)CS[C@@H]12)c1ccco1. The Morgan fingerprint density at radius 3 is 2.69 bits per heavy atom. The Labute approximate surface area is 202 Å². The Balaban J connectivity index is 1.80. The number of thioether (sulfide) groups is 1. The molecular weight excluding hydrogens is 488 g/mol. The second-order valence-corrected chi connectivity index (χ2v) is 8.21. The lowest BCUT2D eigenvalue weighted by Crippen LogP contribution is -2.71. The molecule has 2 aliphatic rings.